The molecule has 0 radical (unpaired) electrons. The molecule has 4 rings (SSSR count). The van der Waals surface area contributed by atoms with Crippen LogP contribution in [0, 0.1) is 5.92 Å². The van der Waals surface area contributed by atoms with Gasteiger partial charge >= 0.3 is 17.8 Å². The second-order valence-electron chi connectivity index (χ2n) is 6.58. The highest BCUT2D eigenvalue weighted by atomic mass is 32.2. The van der Waals surface area contributed by atoms with Crippen LogP contribution in [0.3, 0.4) is 0 Å². The van der Waals surface area contributed by atoms with Gasteiger partial charge in [0, 0.05) is 25.4 Å². The van der Waals surface area contributed by atoms with Gasteiger partial charge in [-0.05, 0) is 18.8 Å². The Labute approximate surface area is 148 Å². The van der Waals surface area contributed by atoms with Crippen molar-refractivity contribution in [2.45, 2.75) is 43.0 Å². The Kier molecular flexibility index (Phi) is 3.85. The van der Waals surface area contributed by atoms with Crippen LogP contribution in [0.1, 0.15) is 37.8 Å². The van der Waals surface area contributed by atoms with Gasteiger partial charge in [-0.1, -0.05) is 6.92 Å². The zero-order chi connectivity index (χ0) is 17.8. The van der Waals surface area contributed by atoms with E-state index in [4.69, 9.17) is 9.47 Å². The SMILES string of the molecule is CCCS(=O)(=O)c1nsnc1[C@H]1CN2C[C@@H]1CCC21OC(=O)C(=O)O1. The van der Waals surface area contributed by atoms with E-state index in [0.717, 1.165) is 11.7 Å². The maximum absolute atomic E-state index is 12.5. The van der Waals surface area contributed by atoms with E-state index in [0.29, 0.717) is 38.0 Å². The molecule has 9 nitrogen and oxygen atoms in total. The van der Waals surface area contributed by atoms with Crippen molar-refractivity contribution in [3.8, 4) is 0 Å². The fourth-order valence-electron chi connectivity index (χ4n) is 3.90. The molecule has 0 aromatic carbocycles. The van der Waals surface area contributed by atoms with Gasteiger partial charge in [0.25, 0.3) is 0 Å². The Balaban J connectivity index is 1.63. The lowest BCUT2D eigenvalue weighted by atomic mass is 9.88. The van der Waals surface area contributed by atoms with E-state index in [1.54, 1.807) is 11.8 Å². The number of fused-ring (bicyclic) bond motifs is 3. The fraction of sp³-hybridized carbons (Fsp3) is 0.714. The summed E-state index contributed by atoms with van der Waals surface area (Å²) in [5.41, 5.74) is 0.485. The van der Waals surface area contributed by atoms with E-state index < -0.39 is 27.7 Å². The van der Waals surface area contributed by atoms with E-state index >= 15 is 0 Å². The smallest absolute Gasteiger partial charge is 0.400 e. The number of hydrogen-bond donors (Lipinski definition) is 0. The molecular formula is C14H17N3O6S2. The summed E-state index contributed by atoms with van der Waals surface area (Å²) in [6, 6.07) is 0. The number of carbonyl (C=O) groups excluding carboxylic acids is 2. The van der Waals surface area contributed by atoms with E-state index in [1.807, 2.05) is 0 Å². The lowest BCUT2D eigenvalue weighted by Crippen LogP contribution is -2.51. The Morgan fingerprint density at radius 1 is 1.24 bits per heavy atom. The number of rotatable bonds is 4. The topological polar surface area (TPSA) is 116 Å². The molecule has 1 aromatic rings. The van der Waals surface area contributed by atoms with Crippen LogP contribution in [0.5, 0.6) is 0 Å². The Morgan fingerprint density at radius 3 is 2.64 bits per heavy atom. The van der Waals surface area contributed by atoms with Crippen molar-refractivity contribution in [3.05, 3.63) is 5.69 Å². The Morgan fingerprint density at radius 2 is 1.96 bits per heavy atom. The normalized spacial score (nSPS) is 30.5. The third-order valence-corrected chi connectivity index (χ3v) is 7.52. The van der Waals surface area contributed by atoms with Gasteiger partial charge in [-0.15, -0.1) is 0 Å². The number of ether oxygens (including phenoxy) is 2. The molecular weight excluding hydrogens is 370 g/mol. The van der Waals surface area contributed by atoms with Crippen LogP contribution in [-0.2, 0) is 28.9 Å². The van der Waals surface area contributed by atoms with E-state index in [2.05, 4.69) is 8.75 Å². The molecule has 3 aliphatic rings. The molecule has 3 saturated heterocycles. The summed E-state index contributed by atoms with van der Waals surface area (Å²) in [5, 5.41) is 0.0626. The third-order valence-electron chi connectivity index (χ3n) is 5.03. The quantitative estimate of drug-likeness (QED) is 0.530. The largest absolute Gasteiger partial charge is 0.421 e. The minimum Gasteiger partial charge on any atom is -0.400 e. The summed E-state index contributed by atoms with van der Waals surface area (Å²) in [5.74, 6) is -3.26. The van der Waals surface area contributed by atoms with Gasteiger partial charge in [-0.2, -0.15) is 8.75 Å². The van der Waals surface area contributed by atoms with Gasteiger partial charge < -0.3 is 9.47 Å². The van der Waals surface area contributed by atoms with Crippen LogP contribution >= 0.6 is 11.7 Å². The molecule has 1 unspecified atom stereocenters. The molecule has 0 amide bonds. The molecule has 0 aliphatic carbocycles. The Bertz CT molecular complexity index is 819. The summed E-state index contributed by atoms with van der Waals surface area (Å²) in [6.45, 7) is 2.76. The number of carbonyl (C=O) groups is 2. The van der Waals surface area contributed by atoms with Crippen molar-refractivity contribution in [1.82, 2.24) is 13.6 Å². The van der Waals surface area contributed by atoms with Crippen molar-refractivity contribution in [1.29, 1.82) is 0 Å². The number of sulfone groups is 1. The number of esters is 2. The summed E-state index contributed by atoms with van der Waals surface area (Å²) >= 11 is 0.896. The predicted octanol–water partition coefficient (Wildman–Crippen LogP) is 0.285. The van der Waals surface area contributed by atoms with Crippen molar-refractivity contribution in [2.24, 2.45) is 5.92 Å². The zero-order valence-electron chi connectivity index (χ0n) is 13.5. The second kappa shape index (κ2) is 5.71. The van der Waals surface area contributed by atoms with Crippen LogP contribution in [0.25, 0.3) is 0 Å². The second-order valence-corrected chi connectivity index (χ2v) is 9.13. The highest BCUT2D eigenvalue weighted by Gasteiger charge is 2.60. The summed E-state index contributed by atoms with van der Waals surface area (Å²) in [4.78, 5) is 24.7. The molecule has 3 fully saturated rings. The van der Waals surface area contributed by atoms with Crippen LogP contribution in [0.2, 0.25) is 0 Å². The molecule has 0 saturated carbocycles. The third kappa shape index (κ3) is 2.56. The van der Waals surface area contributed by atoms with Gasteiger partial charge in [-0.25, -0.2) is 22.9 Å². The zero-order valence-corrected chi connectivity index (χ0v) is 15.1. The molecule has 3 atom stereocenters. The highest BCUT2D eigenvalue weighted by molar-refractivity contribution is 7.91. The van der Waals surface area contributed by atoms with Crippen molar-refractivity contribution < 1.29 is 27.5 Å². The van der Waals surface area contributed by atoms with Crippen LogP contribution < -0.4 is 0 Å². The molecule has 1 aromatic heterocycles. The summed E-state index contributed by atoms with van der Waals surface area (Å²) < 4.78 is 43.6. The van der Waals surface area contributed by atoms with Gasteiger partial charge in [0.15, 0.2) is 14.9 Å². The fourth-order valence-corrected chi connectivity index (χ4v) is 6.27. The van der Waals surface area contributed by atoms with E-state index in [-0.39, 0.29) is 22.6 Å². The summed E-state index contributed by atoms with van der Waals surface area (Å²) in [7, 11) is -3.46. The van der Waals surface area contributed by atoms with Crippen molar-refractivity contribution in [2.75, 3.05) is 18.8 Å². The summed E-state index contributed by atoms with van der Waals surface area (Å²) in [6.07, 6.45) is 1.53. The molecule has 136 valence electrons. The first-order chi connectivity index (χ1) is 11.9. The predicted molar refractivity (Wildman–Crippen MR) is 84.2 cm³/mol. The van der Waals surface area contributed by atoms with Crippen molar-refractivity contribution >= 4 is 33.5 Å². The number of piperidine rings is 1. The standard InChI is InChI=1S/C14H17N3O6S2/c1-2-5-25(20,21)11-10(15-24-16-11)9-7-17-6-8(9)3-4-14(17)22-12(18)13(19)23-14/h8-9H,2-7H2,1H3/t8-,9-/m0/s1. The number of hydrogen-bond acceptors (Lipinski definition) is 10. The molecule has 4 heterocycles. The average Bonchev–Trinajstić information content (AvgIpc) is 3.22. The van der Waals surface area contributed by atoms with Crippen LogP contribution in [0.15, 0.2) is 5.03 Å². The average molecular weight is 387 g/mol. The Hall–Kier alpha value is -1.59. The van der Waals surface area contributed by atoms with Crippen LogP contribution in [-0.4, -0.2) is 58.8 Å². The molecule has 11 heteroatoms. The minimum atomic E-state index is -3.46. The van der Waals surface area contributed by atoms with E-state index in [9.17, 15) is 18.0 Å². The lowest BCUT2D eigenvalue weighted by Gasteiger charge is -2.37. The number of nitrogens with zero attached hydrogens (tertiary/aromatic N) is 3. The molecule has 25 heavy (non-hydrogen) atoms. The minimum absolute atomic E-state index is 0.0334. The molecule has 1 spiro atoms. The van der Waals surface area contributed by atoms with Gasteiger partial charge in [0.2, 0.25) is 0 Å². The molecule has 3 aliphatic heterocycles. The lowest BCUT2D eigenvalue weighted by molar-refractivity contribution is -0.257. The van der Waals surface area contributed by atoms with E-state index in [1.165, 1.54) is 0 Å². The van der Waals surface area contributed by atoms with Gasteiger partial charge in [0.1, 0.15) is 0 Å². The molecule has 0 N–H and O–H groups in total. The highest BCUT2D eigenvalue weighted by Crippen LogP contribution is 2.48. The van der Waals surface area contributed by atoms with Gasteiger partial charge in [-0.3, -0.25) is 0 Å². The van der Waals surface area contributed by atoms with Crippen LogP contribution in [0.4, 0.5) is 0 Å². The number of aromatic nitrogens is 2. The monoisotopic (exact) mass is 387 g/mol. The maximum atomic E-state index is 12.5. The first kappa shape index (κ1) is 16.9. The van der Waals surface area contributed by atoms with Crippen molar-refractivity contribution in [3.63, 3.8) is 0 Å². The maximum Gasteiger partial charge on any atom is 0.421 e. The van der Waals surface area contributed by atoms with Gasteiger partial charge in [0.05, 0.1) is 23.2 Å². The first-order valence-corrected chi connectivity index (χ1v) is 10.5. The molecule has 2 bridgehead atoms. The first-order valence-electron chi connectivity index (χ1n) is 8.13.